The summed E-state index contributed by atoms with van der Waals surface area (Å²) < 4.78 is 8.09. The molecule has 37 heavy (non-hydrogen) atoms. The van der Waals surface area contributed by atoms with Crippen molar-refractivity contribution in [2.24, 2.45) is 5.41 Å². The number of para-hydroxylation sites is 1. The number of fused-ring (bicyclic) bond motifs is 1. The Morgan fingerprint density at radius 2 is 1.51 bits per heavy atom. The van der Waals surface area contributed by atoms with Gasteiger partial charge in [0.15, 0.2) is 5.65 Å². The quantitative estimate of drug-likeness (QED) is 0.433. The van der Waals surface area contributed by atoms with Crippen molar-refractivity contribution < 1.29 is 4.74 Å². The third-order valence-corrected chi connectivity index (χ3v) is 8.70. The van der Waals surface area contributed by atoms with Gasteiger partial charge in [-0.3, -0.25) is 4.90 Å². The normalized spacial score (nSPS) is 26.2. The molecule has 8 nitrogen and oxygen atoms in total. The van der Waals surface area contributed by atoms with Crippen molar-refractivity contribution >= 4 is 16.9 Å². The molecule has 1 saturated heterocycles. The topological polar surface area (TPSA) is 85.3 Å². The highest BCUT2D eigenvalue weighted by Gasteiger charge is 2.55. The number of benzene rings is 2. The number of ether oxygens (including phenoxy) is 1. The summed E-state index contributed by atoms with van der Waals surface area (Å²) in [5, 5.41) is 5.91. The standard InChI is InChI=1S/C29H33N7O/c1-34-11-13-35(14-12-34)21-15-29(16-21)17-22(18-29)36-28-25(27(30)31-19-32-28)26(33-36)20-7-9-24(10-8-20)37-23-5-3-2-4-6-23/h2-10,19,21-22H,11-18H2,1H3,(H2,30,31,32). The van der Waals surface area contributed by atoms with Crippen LogP contribution >= 0.6 is 0 Å². The van der Waals surface area contributed by atoms with Crippen LogP contribution in [0.3, 0.4) is 0 Å². The van der Waals surface area contributed by atoms with Crippen molar-refractivity contribution in [3.8, 4) is 22.8 Å². The lowest BCUT2D eigenvalue weighted by atomic mass is 9.51. The lowest BCUT2D eigenvalue weighted by Crippen LogP contribution is -2.59. The lowest BCUT2D eigenvalue weighted by molar-refractivity contribution is -0.0918. The molecule has 2 aromatic heterocycles. The summed E-state index contributed by atoms with van der Waals surface area (Å²) in [5.74, 6) is 2.07. The number of likely N-dealkylation sites (N-methyl/N-ethyl adjacent to an activating group) is 1. The van der Waals surface area contributed by atoms with Gasteiger partial charge in [-0.25, -0.2) is 14.6 Å². The minimum Gasteiger partial charge on any atom is -0.457 e. The van der Waals surface area contributed by atoms with Crippen LogP contribution < -0.4 is 10.5 Å². The number of piperazine rings is 1. The van der Waals surface area contributed by atoms with Crippen LogP contribution in [0.1, 0.15) is 31.7 Å². The average Bonchev–Trinajstić information content (AvgIpc) is 3.25. The molecule has 0 amide bonds. The first-order valence-electron chi connectivity index (χ1n) is 13.3. The molecule has 2 aromatic carbocycles. The van der Waals surface area contributed by atoms with Gasteiger partial charge in [0.1, 0.15) is 29.3 Å². The molecular weight excluding hydrogens is 462 g/mol. The predicted octanol–water partition coefficient (Wildman–Crippen LogP) is 4.60. The van der Waals surface area contributed by atoms with Gasteiger partial charge in [-0.15, -0.1) is 0 Å². The van der Waals surface area contributed by atoms with E-state index < -0.39 is 0 Å². The second-order valence-corrected chi connectivity index (χ2v) is 11.2. The Balaban J connectivity index is 1.09. The lowest BCUT2D eigenvalue weighted by Gasteiger charge is -2.60. The summed E-state index contributed by atoms with van der Waals surface area (Å²) in [6.07, 6.45) is 6.53. The number of hydrogen-bond acceptors (Lipinski definition) is 7. The molecule has 3 heterocycles. The van der Waals surface area contributed by atoms with E-state index in [1.165, 1.54) is 51.9 Å². The van der Waals surface area contributed by atoms with Crippen LogP contribution in [0.5, 0.6) is 11.5 Å². The SMILES string of the molecule is CN1CCN(C2CC3(C2)CC(n2nc(-c4ccc(Oc5ccccc5)cc4)c4c(N)ncnc42)C3)CC1. The van der Waals surface area contributed by atoms with E-state index in [-0.39, 0.29) is 0 Å². The number of hydrogen-bond donors (Lipinski definition) is 1. The Kier molecular flexibility index (Phi) is 5.41. The highest BCUT2D eigenvalue weighted by molar-refractivity contribution is 5.98. The molecule has 2 saturated carbocycles. The highest BCUT2D eigenvalue weighted by Crippen LogP contribution is 2.61. The van der Waals surface area contributed by atoms with Gasteiger partial charge >= 0.3 is 0 Å². The van der Waals surface area contributed by atoms with Crippen LogP contribution in [-0.2, 0) is 0 Å². The molecule has 7 rings (SSSR count). The summed E-state index contributed by atoms with van der Waals surface area (Å²) in [5.41, 5.74) is 9.50. The van der Waals surface area contributed by atoms with Crippen LogP contribution in [0.25, 0.3) is 22.3 Å². The van der Waals surface area contributed by atoms with E-state index in [2.05, 4.69) is 31.5 Å². The molecule has 190 valence electrons. The summed E-state index contributed by atoms with van der Waals surface area (Å²) in [6.45, 7) is 4.79. The average molecular weight is 496 g/mol. The first-order chi connectivity index (χ1) is 18.1. The molecule has 2 aliphatic carbocycles. The Labute approximate surface area is 217 Å². The molecule has 0 bridgehead atoms. The van der Waals surface area contributed by atoms with Gasteiger partial charge < -0.3 is 15.4 Å². The molecular formula is C29H33N7O. The molecule has 0 unspecified atom stereocenters. The Hall–Kier alpha value is -3.49. The maximum atomic E-state index is 6.36. The molecule has 8 heteroatoms. The minimum absolute atomic E-state index is 0.361. The van der Waals surface area contributed by atoms with E-state index in [0.717, 1.165) is 39.8 Å². The zero-order valence-electron chi connectivity index (χ0n) is 21.3. The maximum Gasteiger partial charge on any atom is 0.164 e. The number of rotatable bonds is 5. The van der Waals surface area contributed by atoms with Gasteiger partial charge in [0.05, 0.1) is 11.4 Å². The number of nitrogens with zero attached hydrogens (tertiary/aromatic N) is 6. The van der Waals surface area contributed by atoms with Gasteiger partial charge in [0, 0.05) is 37.8 Å². The van der Waals surface area contributed by atoms with Gasteiger partial charge in [0.25, 0.3) is 0 Å². The van der Waals surface area contributed by atoms with Gasteiger partial charge in [-0.2, -0.15) is 5.10 Å². The van der Waals surface area contributed by atoms with E-state index >= 15 is 0 Å². The summed E-state index contributed by atoms with van der Waals surface area (Å²) >= 11 is 0. The fraction of sp³-hybridized carbons (Fsp3) is 0.414. The largest absolute Gasteiger partial charge is 0.457 e. The summed E-state index contributed by atoms with van der Waals surface area (Å²) in [7, 11) is 2.22. The van der Waals surface area contributed by atoms with Crippen LogP contribution in [0.15, 0.2) is 60.9 Å². The van der Waals surface area contributed by atoms with Crippen molar-refractivity contribution in [1.82, 2.24) is 29.5 Å². The molecule has 4 aromatic rings. The summed E-state index contributed by atoms with van der Waals surface area (Å²) in [4.78, 5) is 14.0. The van der Waals surface area contributed by atoms with Crippen LogP contribution in [0.2, 0.25) is 0 Å². The fourth-order valence-corrected chi connectivity index (χ4v) is 6.59. The highest BCUT2D eigenvalue weighted by atomic mass is 16.5. The van der Waals surface area contributed by atoms with Crippen molar-refractivity contribution in [1.29, 1.82) is 0 Å². The zero-order valence-corrected chi connectivity index (χ0v) is 21.3. The predicted molar refractivity (Wildman–Crippen MR) is 144 cm³/mol. The third-order valence-electron chi connectivity index (χ3n) is 8.70. The first-order valence-corrected chi connectivity index (χ1v) is 13.3. The van der Waals surface area contributed by atoms with Crippen molar-refractivity contribution in [2.45, 2.75) is 37.8 Å². The molecule has 3 fully saturated rings. The third kappa shape index (κ3) is 4.04. The maximum absolute atomic E-state index is 6.36. The second kappa shape index (κ2) is 8.82. The van der Waals surface area contributed by atoms with Gasteiger partial charge in [-0.05, 0) is 74.5 Å². The smallest absolute Gasteiger partial charge is 0.164 e. The molecule has 2 N–H and O–H groups in total. The van der Waals surface area contributed by atoms with Gasteiger partial charge in [-0.1, -0.05) is 18.2 Å². The van der Waals surface area contributed by atoms with Crippen molar-refractivity contribution in [3.05, 3.63) is 60.9 Å². The van der Waals surface area contributed by atoms with E-state index in [1.54, 1.807) is 6.33 Å². The van der Waals surface area contributed by atoms with E-state index in [0.29, 0.717) is 17.3 Å². The van der Waals surface area contributed by atoms with E-state index in [1.807, 2.05) is 54.6 Å². The Morgan fingerprint density at radius 3 is 2.24 bits per heavy atom. The number of anilines is 1. The van der Waals surface area contributed by atoms with Crippen LogP contribution in [-0.4, -0.2) is 68.8 Å². The molecule has 1 spiro atoms. The van der Waals surface area contributed by atoms with Gasteiger partial charge in [0.2, 0.25) is 0 Å². The molecule has 0 atom stereocenters. The first kappa shape index (κ1) is 22.7. The molecule has 0 radical (unpaired) electrons. The van der Waals surface area contributed by atoms with E-state index in [4.69, 9.17) is 15.6 Å². The minimum atomic E-state index is 0.361. The summed E-state index contributed by atoms with van der Waals surface area (Å²) in [6, 6.07) is 18.9. The number of aromatic nitrogens is 4. The number of nitrogens with two attached hydrogens (primary N) is 1. The fourth-order valence-electron chi connectivity index (χ4n) is 6.59. The molecule has 1 aliphatic heterocycles. The second-order valence-electron chi connectivity index (χ2n) is 11.2. The monoisotopic (exact) mass is 495 g/mol. The van der Waals surface area contributed by atoms with Crippen LogP contribution in [0, 0.1) is 5.41 Å². The van der Waals surface area contributed by atoms with E-state index in [9.17, 15) is 0 Å². The van der Waals surface area contributed by atoms with Crippen LogP contribution in [0.4, 0.5) is 5.82 Å². The van der Waals surface area contributed by atoms with Crippen molar-refractivity contribution in [2.75, 3.05) is 39.0 Å². The Morgan fingerprint density at radius 1 is 0.838 bits per heavy atom. The number of nitrogen functional groups attached to an aromatic ring is 1. The molecule has 3 aliphatic rings. The van der Waals surface area contributed by atoms with Crippen molar-refractivity contribution in [3.63, 3.8) is 0 Å². The Bertz CT molecular complexity index is 1400. The zero-order chi connectivity index (χ0) is 25.0.